The minimum atomic E-state index is -0.394. The molecular weight excluding hydrogens is 232 g/mol. The van der Waals surface area contributed by atoms with Gasteiger partial charge in [0.2, 0.25) is 5.91 Å². The monoisotopic (exact) mass is 256 g/mol. The molecule has 0 fully saturated rings. The maximum atomic E-state index is 11.0. The molecule has 5 heteroatoms. The first-order chi connectivity index (χ1) is 8.34. The Bertz CT molecular complexity index is 286. The summed E-state index contributed by atoms with van der Waals surface area (Å²) >= 11 is 0. The molecule has 0 atom stereocenters. The van der Waals surface area contributed by atoms with Crippen LogP contribution in [0, 0.1) is 0 Å². The number of nitrogens with one attached hydrogen (secondary N) is 1. The number of rotatable bonds is 6. The van der Waals surface area contributed by atoms with Gasteiger partial charge in [0.05, 0.1) is 7.11 Å². The second-order valence-corrected chi connectivity index (χ2v) is 3.92. The van der Waals surface area contributed by atoms with Gasteiger partial charge in [-0.3, -0.25) is 4.79 Å². The maximum absolute atomic E-state index is 11.0. The van der Waals surface area contributed by atoms with Gasteiger partial charge in [0.25, 0.3) is 0 Å². The molecule has 0 bridgehead atoms. The van der Waals surface area contributed by atoms with Crippen molar-refractivity contribution in [3.05, 3.63) is 24.8 Å². The molecule has 0 heterocycles. The smallest absolute Gasteiger partial charge is 0.329 e. The molecule has 0 aromatic rings. The quantitative estimate of drug-likeness (QED) is 0.437. The minimum absolute atomic E-state index is 0.0474. The van der Waals surface area contributed by atoms with Gasteiger partial charge in [-0.25, -0.2) is 4.79 Å². The highest BCUT2D eigenvalue weighted by atomic mass is 16.5. The molecule has 0 aliphatic heterocycles. The van der Waals surface area contributed by atoms with Crippen LogP contribution in [0.2, 0.25) is 0 Å². The van der Waals surface area contributed by atoms with Crippen LogP contribution in [-0.2, 0) is 14.3 Å². The van der Waals surface area contributed by atoms with Crippen molar-refractivity contribution in [1.82, 2.24) is 10.2 Å². The number of amides is 1. The highest BCUT2D eigenvalue weighted by Crippen LogP contribution is 1.86. The number of hydrogen-bond donors (Lipinski definition) is 1. The highest BCUT2D eigenvalue weighted by molar-refractivity contribution is 5.91. The molecule has 0 saturated carbocycles. The van der Waals surface area contributed by atoms with Crippen molar-refractivity contribution < 1.29 is 14.3 Å². The van der Waals surface area contributed by atoms with Crippen LogP contribution in [-0.4, -0.2) is 51.1 Å². The third-order valence-electron chi connectivity index (χ3n) is 1.82. The minimum Gasteiger partial charge on any atom is -0.466 e. The first-order valence-electron chi connectivity index (χ1n) is 5.64. The van der Waals surface area contributed by atoms with Crippen molar-refractivity contribution in [3.63, 3.8) is 0 Å². The van der Waals surface area contributed by atoms with Crippen LogP contribution in [0.15, 0.2) is 24.8 Å². The van der Waals surface area contributed by atoms with E-state index in [1.165, 1.54) is 7.11 Å². The van der Waals surface area contributed by atoms with Crippen molar-refractivity contribution in [2.75, 3.05) is 34.3 Å². The van der Waals surface area contributed by atoms with E-state index in [0.717, 1.165) is 25.6 Å². The van der Waals surface area contributed by atoms with Gasteiger partial charge < -0.3 is 15.0 Å². The molecule has 0 saturated heterocycles. The van der Waals surface area contributed by atoms with E-state index in [1.54, 1.807) is 6.92 Å². The third-order valence-corrected chi connectivity index (χ3v) is 1.82. The zero-order chi connectivity index (χ0) is 14.6. The zero-order valence-electron chi connectivity index (χ0n) is 11.8. The van der Waals surface area contributed by atoms with Crippen LogP contribution in [0.5, 0.6) is 0 Å². The van der Waals surface area contributed by atoms with Gasteiger partial charge in [0.1, 0.15) is 0 Å². The largest absolute Gasteiger partial charge is 0.466 e. The molecule has 104 valence electrons. The maximum Gasteiger partial charge on any atom is 0.329 e. The van der Waals surface area contributed by atoms with Crippen molar-refractivity contribution in [2.24, 2.45) is 0 Å². The van der Waals surface area contributed by atoms with Gasteiger partial charge in [-0.05, 0) is 34.0 Å². The average Bonchev–Trinajstić information content (AvgIpc) is 2.33. The fourth-order valence-electron chi connectivity index (χ4n) is 0.831. The predicted octanol–water partition coefficient (Wildman–Crippen LogP) is 0.976. The summed E-state index contributed by atoms with van der Waals surface area (Å²) < 4.78 is 4.14. The van der Waals surface area contributed by atoms with Gasteiger partial charge in [0, 0.05) is 18.2 Å². The second kappa shape index (κ2) is 11.9. The Morgan fingerprint density at radius 2 is 1.94 bits per heavy atom. The average molecular weight is 256 g/mol. The van der Waals surface area contributed by atoms with Crippen molar-refractivity contribution >= 4 is 11.9 Å². The summed E-state index contributed by atoms with van der Waals surface area (Å²) in [6, 6.07) is 0. The molecular formula is C13H24N2O3. The molecule has 5 nitrogen and oxygen atoms in total. The van der Waals surface area contributed by atoms with Crippen LogP contribution in [0.3, 0.4) is 0 Å². The van der Waals surface area contributed by atoms with Crippen molar-refractivity contribution in [2.45, 2.75) is 13.3 Å². The van der Waals surface area contributed by atoms with E-state index >= 15 is 0 Å². The van der Waals surface area contributed by atoms with Crippen LogP contribution >= 0.6 is 0 Å². The summed E-state index contributed by atoms with van der Waals surface area (Å²) in [7, 11) is 5.34. The van der Waals surface area contributed by atoms with Gasteiger partial charge >= 0.3 is 5.97 Å². The van der Waals surface area contributed by atoms with Gasteiger partial charge in [-0.2, -0.15) is 0 Å². The van der Waals surface area contributed by atoms with E-state index < -0.39 is 5.97 Å². The standard InChI is InChI=1S/C9H18N2O.C4H6O2/c1-8(2)9(12)10-6-5-7-11(3)4;1-3-4(5)6-2/h1,5-7H2,2-4H3,(H,10,12);3H,1H2,2H3. The number of nitrogens with zero attached hydrogens (tertiary/aromatic N) is 1. The molecule has 0 unspecified atom stereocenters. The lowest BCUT2D eigenvalue weighted by atomic mass is 10.3. The Balaban J connectivity index is 0. The summed E-state index contributed by atoms with van der Waals surface area (Å²) in [6.07, 6.45) is 2.09. The molecule has 0 radical (unpaired) electrons. The number of carbonyl (C=O) groups excluding carboxylic acids is 2. The normalized spacial score (nSPS) is 8.94. The Kier molecular flexibility index (Phi) is 12.3. The van der Waals surface area contributed by atoms with E-state index in [2.05, 4.69) is 28.1 Å². The highest BCUT2D eigenvalue weighted by Gasteiger charge is 1.99. The second-order valence-electron chi connectivity index (χ2n) is 3.92. The zero-order valence-corrected chi connectivity index (χ0v) is 11.8. The molecule has 0 aliphatic rings. The molecule has 0 spiro atoms. The molecule has 0 aromatic heterocycles. The summed E-state index contributed by atoms with van der Waals surface area (Å²) in [5.41, 5.74) is 0.569. The van der Waals surface area contributed by atoms with Crippen LogP contribution < -0.4 is 5.32 Å². The van der Waals surface area contributed by atoms with E-state index in [9.17, 15) is 9.59 Å². The van der Waals surface area contributed by atoms with Crippen molar-refractivity contribution in [3.8, 4) is 0 Å². The molecule has 0 rings (SSSR count). The lowest BCUT2D eigenvalue weighted by Crippen LogP contribution is -2.27. The summed E-state index contributed by atoms with van der Waals surface area (Å²) in [5, 5.41) is 2.77. The molecule has 1 N–H and O–H groups in total. The molecule has 1 amide bonds. The first kappa shape index (κ1) is 18.7. The predicted molar refractivity (Wildman–Crippen MR) is 73.2 cm³/mol. The Morgan fingerprint density at radius 3 is 2.22 bits per heavy atom. The Morgan fingerprint density at radius 1 is 1.39 bits per heavy atom. The van der Waals surface area contributed by atoms with Crippen LogP contribution in [0.25, 0.3) is 0 Å². The molecule has 0 aromatic carbocycles. The fourth-order valence-corrected chi connectivity index (χ4v) is 0.831. The summed E-state index contributed by atoms with van der Waals surface area (Å²) in [6.45, 7) is 10.1. The summed E-state index contributed by atoms with van der Waals surface area (Å²) in [4.78, 5) is 22.9. The third kappa shape index (κ3) is 14.4. The van der Waals surface area contributed by atoms with E-state index in [1.807, 2.05) is 14.1 Å². The van der Waals surface area contributed by atoms with Gasteiger partial charge in [0.15, 0.2) is 0 Å². The Labute approximate surface area is 109 Å². The lowest BCUT2D eigenvalue weighted by molar-refractivity contribution is -0.134. The van der Waals surface area contributed by atoms with E-state index in [4.69, 9.17) is 0 Å². The summed E-state index contributed by atoms with van der Waals surface area (Å²) in [5.74, 6) is -0.441. The molecule has 0 aliphatic carbocycles. The van der Waals surface area contributed by atoms with Crippen LogP contribution in [0.4, 0.5) is 0 Å². The fraction of sp³-hybridized carbons (Fsp3) is 0.538. The van der Waals surface area contributed by atoms with Gasteiger partial charge in [-0.1, -0.05) is 13.2 Å². The van der Waals surface area contributed by atoms with Crippen LogP contribution in [0.1, 0.15) is 13.3 Å². The number of hydrogen-bond acceptors (Lipinski definition) is 4. The lowest BCUT2D eigenvalue weighted by Gasteiger charge is -2.09. The number of esters is 1. The van der Waals surface area contributed by atoms with Gasteiger partial charge in [-0.15, -0.1) is 0 Å². The molecule has 18 heavy (non-hydrogen) atoms. The first-order valence-corrected chi connectivity index (χ1v) is 5.64. The topological polar surface area (TPSA) is 58.6 Å². The Hall–Kier alpha value is -1.62. The number of ether oxygens (including phenoxy) is 1. The number of methoxy groups -OCH3 is 1. The van der Waals surface area contributed by atoms with E-state index in [0.29, 0.717) is 5.57 Å². The van der Waals surface area contributed by atoms with Crippen molar-refractivity contribution in [1.29, 1.82) is 0 Å². The SMILES string of the molecule is C=C(C)C(=O)NCCCN(C)C.C=CC(=O)OC. The van der Waals surface area contributed by atoms with E-state index in [-0.39, 0.29) is 5.91 Å². The number of carbonyl (C=O) groups is 2.